The lowest BCUT2D eigenvalue weighted by Crippen LogP contribution is -2.38. The number of alkyl halides is 3. The minimum atomic E-state index is -4.58. The highest BCUT2D eigenvalue weighted by Gasteiger charge is 2.36. The van der Waals surface area contributed by atoms with Crippen molar-refractivity contribution < 1.29 is 27.4 Å². The Balaban J connectivity index is 2.85. The van der Waals surface area contributed by atoms with E-state index < -0.39 is 17.8 Å². The second kappa shape index (κ2) is 9.14. The van der Waals surface area contributed by atoms with Gasteiger partial charge in [0.1, 0.15) is 0 Å². The molecule has 0 unspecified atom stereocenters. The zero-order valence-electron chi connectivity index (χ0n) is 14.8. The summed E-state index contributed by atoms with van der Waals surface area (Å²) < 4.78 is 47.7. The zero-order chi connectivity index (χ0) is 19.2. The first-order valence-corrected chi connectivity index (χ1v) is 8.39. The molecule has 142 valence electrons. The monoisotopic (exact) mass is 381 g/mol. The van der Waals surface area contributed by atoms with E-state index in [1.54, 1.807) is 0 Å². The van der Waals surface area contributed by atoms with E-state index in [2.05, 4.69) is 10.2 Å². The van der Waals surface area contributed by atoms with Gasteiger partial charge in [-0.25, -0.2) is 0 Å². The van der Waals surface area contributed by atoms with Gasteiger partial charge in [-0.3, -0.25) is 4.79 Å². The van der Waals surface area contributed by atoms with E-state index in [1.165, 1.54) is 12.0 Å². The quantitative estimate of drug-likeness (QED) is 0.691. The molecule has 0 spiro atoms. The highest BCUT2D eigenvalue weighted by molar-refractivity contribution is 7.13. The molecule has 1 aromatic heterocycles. The standard InChI is InChI=1S/C15H22F3N3O3S/c1-9(2)12(10(3)4)21(6-7-23-5)11(22)8-24-14-20-19-13(25-14)15(16,17)18/h9H,6-8H2,1-5H3. The summed E-state index contributed by atoms with van der Waals surface area (Å²) in [5, 5.41) is 4.92. The molecule has 1 rings (SSSR count). The number of ether oxygens (including phenoxy) is 2. The number of halogens is 3. The topological polar surface area (TPSA) is 64.5 Å². The number of carbonyl (C=O) groups excluding carboxylic acids is 1. The Morgan fingerprint density at radius 2 is 1.92 bits per heavy atom. The number of methoxy groups -OCH3 is 1. The van der Waals surface area contributed by atoms with Crippen LogP contribution in [0.25, 0.3) is 0 Å². The van der Waals surface area contributed by atoms with Crippen LogP contribution in [0.5, 0.6) is 5.19 Å². The molecule has 0 radical (unpaired) electrons. The first-order valence-electron chi connectivity index (χ1n) is 7.58. The Morgan fingerprint density at radius 3 is 2.36 bits per heavy atom. The number of allylic oxidation sites excluding steroid dienone is 2. The summed E-state index contributed by atoms with van der Waals surface area (Å²) in [5.74, 6) is -0.296. The molecule has 0 aliphatic carbocycles. The van der Waals surface area contributed by atoms with E-state index in [4.69, 9.17) is 9.47 Å². The van der Waals surface area contributed by atoms with E-state index in [9.17, 15) is 18.0 Å². The summed E-state index contributed by atoms with van der Waals surface area (Å²) in [6.07, 6.45) is -4.58. The van der Waals surface area contributed by atoms with Crippen LogP contribution in [-0.2, 0) is 15.7 Å². The second-order valence-electron chi connectivity index (χ2n) is 5.74. The maximum absolute atomic E-state index is 12.5. The highest BCUT2D eigenvalue weighted by atomic mass is 32.1. The van der Waals surface area contributed by atoms with Gasteiger partial charge < -0.3 is 14.4 Å². The molecule has 0 saturated heterocycles. The van der Waals surface area contributed by atoms with Crippen LogP contribution in [0.3, 0.4) is 0 Å². The molecule has 0 bridgehead atoms. The molecule has 0 aliphatic rings. The van der Waals surface area contributed by atoms with Crippen molar-refractivity contribution >= 4 is 17.2 Å². The number of amides is 1. The SMILES string of the molecule is COCCN(C(=O)COc1nnc(C(F)(F)F)s1)C(=C(C)C)C(C)C. The maximum Gasteiger partial charge on any atom is 0.445 e. The first-order chi connectivity index (χ1) is 11.6. The molecule has 0 saturated carbocycles. The van der Waals surface area contributed by atoms with Gasteiger partial charge in [-0.15, -0.1) is 5.10 Å². The van der Waals surface area contributed by atoms with Gasteiger partial charge in [0, 0.05) is 19.4 Å². The van der Waals surface area contributed by atoms with Crippen molar-refractivity contribution in [2.45, 2.75) is 33.9 Å². The summed E-state index contributed by atoms with van der Waals surface area (Å²) in [7, 11) is 1.52. The van der Waals surface area contributed by atoms with Gasteiger partial charge in [-0.05, 0) is 19.8 Å². The van der Waals surface area contributed by atoms with Crippen LogP contribution in [0.1, 0.15) is 32.7 Å². The Morgan fingerprint density at radius 1 is 1.28 bits per heavy atom. The van der Waals surface area contributed by atoms with E-state index in [-0.39, 0.29) is 28.4 Å². The number of hydrogen-bond acceptors (Lipinski definition) is 6. The van der Waals surface area contributed by atoms with Gasteiger partial charge in [0.25, 0.3) is 11.1 Å². The molecule has 10 heteroatoms. The Hall–Kier alpha value is -1.68. The third-order valence-electron chi connectivity index (χ3n) is 3.14. The van der Waals surface area contributed by atoms with E-state index in [1.807, 2.05) is 27.7 Å². The third-order valence-corrected chi connectivity index (χ3v) is 4.02. The summed E-state index contributed by atoms with van der Waals surface area (Å²) in [4.78, 5) is 14.1. The average molecular weight is 381 g/mol. The molecule has 6 nitrogen and oxygen atoms in total. The fourth-order valence-corrected chi connectivity index (χ4v) is 2.87. The van der Waals surface area contributed by atoms with Crippen LogP contribution in [0.2, 0.25) is 0 Å². The van der Waals surface area contributed by atoms with E-state index in [0.29, 0.717) is 13.2 Å². The van der Waals surface area contributed by atoms with Gasteiger partial charge in [-0.2, -0.15) is 13.2 Å². The molecule has 1 amide bonds. The smallest absolute Gasteiger partial charge is 0.445 e. The summed E-state index contributed by atoms with van der Waals surface area (Å²) in [5.41, 5.74) is 1.80. The van der Waals surface area contributed by atoms with Gasteiger partial charge in [0.15, 0.2) is 6.61 Å². The van der Waals surface area contributed by atoms with Gasteiger partial charge in [-0.1, -0.05) is 35.9 Å². The van der Waals surface area contributed by atoms with Crippen LogP contribution >= 0.6 is 11.3 Å². The lowest BCUT2D eigenvalue weighted by Gasteiger charge is -2.29. The molecule has 0 aliphatic heterocycles. The molecular formula is C15H22F3N3O3S. The molecule has 0 aromatic carbocycles. The summed E-state index contributed by atoms with van der Waals surface area (Å²) in [6.45, 7) is 7.91. The predicted octanol–water partition coefficient (Wildman–Crippen LogP) is 3.36. The molecular weight excluding hydrogens is 359 g/mol. The van der Waals surface area contributed by atoms with Crippen molar-refractivity contribution in [1.82, 2.24) is 15.1 Å². The number of aromatic nitrogens is 2. The highest BCUT2D eigenvalue weighted by Crippen LogP contribution is 2.33. The second-order valence-corrected chi connectivity index (χ2v) is 6.68. The first kappa shape index (κ1) is 21.4. The van der Waals surface area contributed by atoms with Gasteiger partial charge in [0.05, 0.1) is 6.61 Å². The lowest BCUT2D eigenvalue weighted by atomic mass is 10.0. The van der Waals surface area contributed by atoms with Crippen molar-refractivity contribution in [2.24, 2.45) is 5.92 Å². The number of rotatable bonds is 8. The van der Waals surface area contributed by atoms with Crippen molar-refractivity contribution in [1.29, 1.82) is 0 Å². The number of hydrogen-bond donors (Lipinski definition) is 0. The van der Waals surface area contributed by atoms with Crippen LogP contribution in [-0.4, -0.2) is 47.9 Å². The minimum absolute atomic E-state index is 0.0872. The summed E-state index contributed by atoms with van der Waals surface area (Å²) in [6, 6.07) is 0. The maximum atomic E-state index is 12.5. The van der Waals surface area contributed by atoms with Crippen LogP contribution in [0.15, 0.2) is 11.3 Å². The normalized spacial score (nSPS) is 11.6. The van der Waals surface area contributed by atoms with E-state index >= 15 is 0 Å². The molecule has 1 heterocycles. The molecule has 0 atom stereocenters. The molecule has 0 N–H and O–H groups in total. The zero-order valence-corrected chi connectivity index (χ0v) is 15.6. The van der Waals surface area contributed by atoms with Crippen molar-refractivity contribution in [3.63, 3.8) is 0 Å². The van der Waals surface area contributed by atoms with E-state index in [0.717, 1.165) is 11.3 Å². The largest absolute Gasteiger partial charge is 0.459 e. The third kappa shape index (κ3) is 6.28. The van der Waals surface area contributed by atoms with Crippen LogP contribution in [0.4, 0.5) is 13.2 Å². The number of carbonyl (C=O) groups is 1. The fourth-order valence-electron chi connectivity index (χ4n) is 2.31. The van der Waals surface area contributed by atoms with Crippen molar-refractivity contribution in [2.75, 3.05) is 26.9 Å². The average Bonchev–Trinajstić information content (AvgIpc) is 2.97. The lowest BCUT2D eigenvalue weighted by molar-refractivity contribution is -0.138. The number of nitrogens with zero attached hydrogens (tertiary/aromatic N) is 3. The van der Waals surface area contributed by atoms with Crippen LogP contribution < -0.4 is 4.74 Å². The Bertz CT molecular complexity index is 611. The van der Waals surface area contributed by atoms with Gasteiger partial charge in [0.2, 0.25) is 5.01 Å². The van der Waals surface area contributed by atoms with Crippen molar-refractivity contribution in [3.8, 4) is 5.19 Å². The summed E-state index contributed by atoms with van der Waals surface area (Å²) >= 11 is 0.255. The predicted molar refractivity (Wildman–Crippen MR) is 87.2 cm³/mol. The molecule has 1 aromatic rings. The van der Waals surface area contributed by atoms with Gasteiger partial charge >= 0.3 is 6.18 Å². The fraction of sp³-hybridized carbons (Fsp3) is 0.667. The Kier molecular flexibility index (Phi) is 7.81. The van der Waals surface area contributed by atoms with Crippen LogP contribution in [0, 0.1) is 5.92 Å². The minimum Gasteiger partial charge on any atom is -0.459 e. The molecule has 0 fully saturated rings. The molecule has 25 heavy (non-hydrogen) atoms. The Labute approximate surface area is 148 Å². The van der Waals surface area contributed by atoms with Crippen molar-refractivity contribution in [3.05, 3.63) is 16.3 Å².